The van der Waals surface area contributed by atoms with E-state index in [1.54, 1.807) is 23.9 Å². The van der Waals surface area contributed by atoms with Gasteiger partial charge in [-0.05, 0) is 32.9 Å². The van der Waals surface area contributed by atoms with Crippen LogP contribution in [0.15, 0.2) is 36.8 Å². The minimum Gasteiger partial charge on any atom is -0.481 e. The molecule has 0 fully saturated rings. The Morgan fingerprint density at radius 2 is 2.11 bits per heavy atom. The summed E-state index contributed by atoms with van der Waals surface area (Å²) < 4.78 is 6.76. The molecule has 8 nitrogen and oxygen atoms in total. The number of pyridine rings is 1. The zero-order valence-electron chi connectivity index (χ0n) is 16.2. The third kappa shape index (κ3) is 3.47. The highest BCUT2D eigenvalue weighted by molar-refractivity contribution is 6.02. The summed E-state index contributed by atoms with van der Waals surface area (Å²) in [4.78, 5) is 16.2. The van der Waals surface area contributed by atoms with Crippen LogP contribution in [-0.4, -0.2) is 33.7 Å². The van der Waals surface area contributed by atoms with Crippen LogP contribution >= 0.6 is 0 Å². The molecule has 3 aromatic heterocycles. The van der Waals surface area contributed by atoms with E-state index in [1.165, 1.54) is 6.20 Å². The summed E-state index contributed by atoms with van der Waals surface area (Å²) in [6.07, 6.45) is 4.98. The lowest BCUT2D eigenvalue weighted by Gasteiger charge is -2.27. The topological polar surface area (TPSA) is 118 Å². The molecule has 0 aliphatic carbocycles. The molecule has 3 rings (SSSR count). The molecule has 0 aliphatic rings. The molecule has 1 unspecified atom stereocenters. The summed E-state index contributed by atoms with van der Waals surface area (Å²) in [5.74, 6) is -0.0649. The van der Waals surface area contributed by atoms with Gasteiger partial charge in [0.2, 0.25) is 5.88 Å². The molecule has 3 N–H and O–H groups in total. The van der Waals surface area contributed by atoms with Gasteiger partial charge >= 0.3 is 0 Å². The molecule has 144 valence electrons. The Labute approximate surface area is 162 Å². The van der Waals surface area contributed by atoms with Crippen LogP contribution in [0.1, 0.15) is 31.1 Å². The zero-order chi connectivity index (χ0) is 20.5. The summed E-state index contributed by atoms with van der Waals surface area (Å²) in [7, 11) is 1.56. The van der Waals surface area contributed by atoms with E-state index in [4.69, 9.17) is 10.5 Å². The lowest BCUT2D eigenvalue weighted by molar-refractivity contribution is 0.100. The van der Waals surface area contributed by atoms with E-state index in [0.29, 0.717) is 17.1 Å². The Balaban J connectivity index is 2.11. The summed E-state index contributed by atoms with van der Waals surface area (Å²) in [5, 5.41) is 17.0. The molecule has 0 saturated heterocycles. The molecule has 1 amide bonds. The second-order valence-corrected chi connectivity index (χ2v) is 7.14. The highest BCUT2D eigenvalue weighted by Crippen LogP contribution is 2.31. The number of aromatic nitrogens is 3. The average Bonchev–Trinajstić information content (AvgIpc) is 3.12. The van der Waals surface area contributed by atoms with Crippen molar-refractivity contribution >= 4 is 17.1 Å². The van der Waals surface area contributed by atoms with E-state index in [2.05, 4.69) is 21.5 Å². The normalized spacial score (nSPS) is 12.4. The average molecular weight is 378 g/mol. The lowest BCUT2D eigenvalue weighted by atomic mass is 9.87. The van der Waals surface area contributed by atoms with Crippen molar-refractivity contribution < 1.29 is 9.53 Å². The molecule has 1 atom stereocenters. The number of fused-ring (bicyclic) bond motifs is 1. The molecule has 0 saturated carbocycles. The van der Waals surface area contributed by atoms with Crippen LogP contribution in [0.4, 0.5) is 5.69 Å². The highest BCUT2D eigenvalue weighted by atomic mass is 16.5. The van der Waals surface area contributed by atoms with E-state index < -0.39 is 11.3 Å². The number of hydrogen-bond donors (Lipinski definition) is 2. The predicted molar refractivity (Wildman–Crippen MR) is 106 cm³/mol. The first kappa shape index (κ1) is 19.2. The number of ether oxygens (including phenoxy) is 1. The number of rotatable bonds is 6. The first-order valence-corrected chi connectivity index (χ1v) is 8.76. The largest absolute Gasteiger partial charge is 0.481 e. The summed E-state index contributed by atoms with van der Waals surface area (Å²) in [6.45, 7) is 5.56. The van der Waals surface area contributed by atoms with E-state index in [1.807, 2.05) is 39.1 Å². The second kappa shape index (κ2) is 7.19. The number of amides is 1. The molecule has 28 heavy (non-hydrogen) atoms. The highest BCUT2D eigenvalue weighted by Gasteiger charge is 2.27. The van der Waals surface area contributed by atoms with Gasteiger partial charge in [-0.2, -0.15) is 10.4 Å². The van der Waals surface area contributed by atoms with Gasteiger partial charge in [0.15, 0.2) is 0 Å². The van der Waals surface area contributed by atoms with Gasteiger partial charge < -0.3 is 15.8 Å². The molecule has 0 aromatic carbocycles. The third-order valence-electron chi connectivity index (χ3n) is 4.91. The van der Waals surface area contributed by atoms with Gasteiger partial charge in [-0.25, -0.2) is 9.50 Å². The Kier molecular flexibility index (Phi) is 4.92. The maximum atomic E-state index is 12.0. The molecular formula is C20H22N6O2. The number of nitriles is 1. The van der Waals surface area contributed by atoms with Gasteiger partial charge in [0.1, 0.15) is 0 Å². The molecule has 0 spiro atoms. The monoisotopic (exact) mass is 378 g/mol. The number of nitrogens with one attached hydrogen (secondary N) is 1. The van der Waals surface area contributed by atoms with Crippen LogP contribution in [0.2, 0.25) is 0 Å². The Bertz CT molecular complexity index is 1060. The molecular weight excluding hydrogens is 356 g/mol. The van der Waals surface area contributed by atoms with Crippen molar-refractivity contribution in [2.24, 2.45) is 11.1 Å². The third-order valence-corrected chi connectivity index (χ3v) is 4.91. The molecule has 0 radical (unpaired) electrons. The summed E-state index contributed by atoms with van der Waals surface area (Å²) in [6, 6.07) is 7.61. The number of hydrogen-bond acceptors (Lipinski definition) is 6. The predicted octanol–water partition coefficient (Wildman–Crippen LogP) is 2.85. The summed E-state index contributed by atoms with van der Waals surface area (Å²) >= 11 is 0. The standard InChI is InChI=1S/C20H22N6O2/c1-12(20(2,3)11-21)25-18-15(19(22)27)9-24-26-10-14(7-16(18)26)13-5-6-17(28-4)23-8-13/h5-10,12,25H,1-4H3,(H2,22,27). The fourth-order valence-electron chi connectivity index (χ4n) is 2.72. The quantitative estimate of drug-likeness (QED) is 0.681. The maximum Gasteiger partial charge on any atom is 0.252 e. The minimum absolute atomic E-state index is 0.234. The van der Waals surface area contributed by atoms with Crippen molar-refractivity contribution in [2.45, 2.75) is 26.8 Å². The van der Waals surface area contributed by atoms with Crippen molar-refractivity contribution in [2.75, 3.05) is 12.4 Å². The van der Waals surface area contributed by atoms with Crippen LogP contribution in [0, 0.1) is 16.7 Å². The lowest BCUT2D eigenvalue weighted by Crippen LogP contribution is -2.33. The number of carbonyl (C=O) groups excluding carboxylic acids is 1. The van der Waals surface area contributed by atoms with Crippen molar-refractivity contribution in [3.05, 3.63) is 42.4 Å². The minimum atomic E-state index is -0.648. The summed E-state index contributed by atoms with van der Waals surface area (Å²) in [5.41, 5.74) is 8.16. The first-order chi connectivity index (χ1) is 13.3. The second-order valence-electron chi connectivity index (χ2n) is 7.14. The number of carbonyl (C=O) groups is 1. The van der Waals surface area contributed by atoms with Crippen molar-refractivity contribution in [1.82, 2.24) is 14.6 Å². The van der Waals surface area contributed by atoms with Crippen LogP contribution in [0.5, 0.6) is 5.88 Å². The number of primary amides is 1. The SMILES string of the molecule is COc1ccc(-c2cc3c(NC(C)C(C)(C)C#N)c(C(N)=O)cnn3c2)cn1. The zero-order valence-corrected chi connectivity index (χ0v) is 16.2. The van der Waals surface area contributed by atoms with Gasteiger partial charge in [0, 0.05) is 35.6 Å². The number of anilines is 1. The fourth-order valence-corrected chi connectivity index (χ4v) is 2.72. The maximum absolute atomic E-state index is 12.0. The van der Waals surface area contributed by atoms with Crippen molar-refractivity contribution in [1.29, 1.82) is 5.26 Å². The number of methoxy groups -OCH3 is 1. The van der Waals surface area contributed by atoms with Crippen LogP contribution < -0.4 is 15.8 Å². The van der Waals surface area contributed by atoms with E-state index in [9.17, 15) is 10.1 Å². The van der Waals surface area contributed by atoms with E-state index in [0.717, 1.165) is 11.1 Å². The van der Waals surface area contributed by atoms with Crippen LogP contribution in [0.3, 0.4) is 0 Å². The van der Waals surface area contributed by atoms with Gasteiger partial charge in [0.25, 0.3) is 5.91 Å². The van der Waals surface area contributed by atoms with Gasteiger partial charge in [0.05, 0.1) is 41.6 Å². The molecule has 3 heterocycles. The molecule has 8 heteroatoms. The van der Waals surface area contributed by atoms with Crippen molar-refractivity contribution in [3.8, 4) is 23.1 Å². The van der Waals surface area contributed by atoms with E-state index >= 15 is 0 Å². The number of nitrogens with two attached hydrogens (primary N) is 1. The molecule has 3 aromatic rings. The Hall–Kier alpha value is -3.60. The fraction of sp³-hybridized carbons (Fsp3) is 0.300. The molecule has 0 bridgehead atoms. The van der Waals surface area contributed by atoms with Crippen LogP contribution in [0.25, 0.3) is 16.6 Å². The van der Waals surface area contributed by atoms with E-state index in [-0.39, 0.29) is 11.6 Å². The van der Waals surface area contributed by atoms with Gasteiger partial charge in [-0.1, -0.05) is 0 Å². The van der Waals surface area contributed by atoms with Crippen molar-refractivity contribution in [3.63, 3.8) is 0 Å². The van der Waals surface area contributed by atoms with Crippen LogP contribution in [-0.2, 0) is 0 Å². The smallest absolute Gasteiger partial charge is 0.252 e. The Morgan fingerprint density at radius 1 is 1.36 bits per heavy atom. The van der Waals surface area contributed by atoms with Gasteiger partial charge in [-0.3, -0.25) is 4.79 Å². The number of nitrogens with zero attached hydrogens (tertiary/aromatic N) is 4. The first-order valence-electron chi connectivity index (χ1n) is 8.76. The molecule has 0 aliphatic heterocycles. The van der Waals surface area contributed by atoms with Gasteiger partial charge in [-0.15, -0.1) is 0 Å². The Morgan fingerprint density at radius 3 is 2.68 bits per heavy atom.